The van der Waals surface area contributed by atoms with Crippen LogP contribution in [0.25, 0.3) is 10.2 Å². The topological polar surface area (TPSA) is 75.9 Å². The van der Waals surface area contributed by atoms with Crippen molar-refractivity contribution in [1.82, 2.24) is 9.97 Å². The summed E-state index contributed by atoms with van der Waals surface area (Å²) < 4.78 is 0. The molecule has 108 valence electrons. The number of aromatic nitrogens is 2. The Hall–Kier alpha value is -2.18. The van der Waals surface area contributed by atoms with Crippen LogP contribution in [0, 0.1) is 20.8 Å². The maximum absolute atomic E-state index is 5.46. The molecule has 0 spiro atoms. The van der Waals surface area contributed by atoms with Crippen LogP contribution >= 0.6 is 11.3 Å². The number of nitrogen functional groups attached to an aromatic ring is 1. The van der Waals surface area contributed by atoms with E-state index in [2.05, 4.69) is 65.7 Å². The lowest BCUT2D eigenvalue weighted by molar-refractivity contribution is 1.16. The van der Waals surface area contributed by atoms with Crippen LogP contribution in [-0.2, 0) is 0 Å². The molecule has 3 aromatic rings. The van der Waals surface area contributed by atoms with Crippen molar-refractivity contribution >= 4 is 39.0 Å². The van der Waals surface area contributed by atoms with E-state index in [9.17, 15) is 0 Å². The van der Waals surface area contributed by atoms with Crippen molar-refractivity contribution in [2.24, 2.45) is 5.84 Å². The third kappa shape index (κ3) is 2.81. The van der Waals surface area contributed by atoms with Crippen LogP contribution in [0.4, 0.5) is 17.5 Å². The maximum Gasteiger partial charge on any atom is 0.240 e. The largest absolute Gasteiger partial charge is 0.340 e. The summed E-state index contributed by atoms with van der Waals surface area (Å²) in [5, 5.41) is 4.39. The summed E-state index contributed by atoms with van der Waals surface area (Å²) >= 11 is 1.63. The Balaban J connectivity index is 2.10. The summed E-state index contributed by atoms with van der Waals surface area (Å²) in [6.45, 7) is 6.22. The lowest BCUT2D eigenvalue weighted by atomic mass is 10.1. The van der Waals surface area contributed by atoms with Gasteiger partial charge >= 0.3 is 0 Å². The van der Waals surface area contributed by atoms with Crippen LogP contribution in [-0.4, -0.2) is 9.97 Å². The van der Waals surface area contributed by atoms with Gasteiger partial charge in [-0.15, -0.1) is 11.3 Å². The molecule has 1 aromatic carbocycles. The zero-order chi connectivity index (χ0) is 15.0. The number of fused-ring (bicyclic) bond motifs is 1. The van der Waals surface area contributed by atoms with Crippen LogP contribution in [0.3, 0.4) is 0 Å². The normalized spacial score (nSPS) is 10.9. The summed E-state index contributed by atoms with van der Waals surface area (Å²) in [5.41, 5.74) is 5.95. The van der Waals surface area contributed by atoms with Gasteiger partial charge in [0.2, 0.25) is 5.95 Å². The van der Waals surface area contributed by atoms with Gasteiger partial charge in [-0.3, -0.25) is 5.43 Å². The third-order valence-electron chi connectivity index (χ3n) is 3.13. The highest BCUT2D eigenvalue weighted by molar-refractivity contribution is 7.18. The first-order valence-electron chi connectivity index (χ1n) is 6.65. The fourth-order valence-corrected chi connectivity index (χ4v) is 3.26. The molecule has 0 atom stereocenters. The molecule has 0 radical (unpaired) electrons. The van der Waals surface area contributed by atoms with Crippen molar-refractivity contribution in [2.45, 2.75) is 20.8 Å². The number of thiophene rings is 1. The Kier molecular flexibility index (Phi) is 3.48. The Morgan fingerprint density at radius 2 is 1.71 bits per heavy atom. The molecule has 2 heterocycles. The summed E-state index contributed by atoms with van der Waals surface area (Å²) in [7, 11) is 0. The Morgan fingerprint density at radius 3 is 2.38 bits per heavy atom. The van der Waals surface area contributed by atoms with Gasteiger partial charge in [-0.25, -0.2) is 10.8 Å². The predicted octanol–water partition coefficient (Wildman–Crippen LogP) is 3.65. The number of nitrogens with two attached hydrogens (primary N) is 1. The average Bonchev–Trinajstić information content (AvgIpc) is 2.78. The number of rotatable bonds is 3. The first-order chi connectivity index (χ1) is 10.0. The average molecular weight is 299 g/mol. The minimum absolute atomic E-state index is 0.413. The quantitative estimate of drug-likeness (QED) is 0.508. The van der Waals surface area contributed by atoms with E-state index in [-0.39, 0.29) is 0 Å². The molecule has 0 saturated carbocycles. The van der Waals surface area contributed by atoms with Gasteiger partial charge in [-0.05, 0) is 50.1 Å². The highest BCUT2D eigenvalue weighted by atomic mass is 32.1. The molecular formula is C15H17N5S. The van der Waals surface area contributed by atoms with Crippen molar-refractivity contribution in [3.63, 3.8) is 0 Å². The second-order valence-electron chi connectivity index (χ2n) is 5.12. The smallest absolute Gasteiger partial charge is 0.240 e. The van der Waals surface area contributed by atoms with E-state index in [1.54, 1.807) is 11.3 Å². The van der Waals surface area contributed by atoms with Gasteiger partial charge in [-0.1, -0.05) is 6.07 Å². The van der Waals surface area contributed by atoms with E-state index < -0.39 is 0 Å². The number of nitrogens with zero attached hydrogens (tertiary/aromatic N) is 2. The molecule has 0 aliphatic heterocycles. The lowest BCUT2D eigenvalue weighted by Crippen LogP contribution is -2.11. The number of hydrogen-bond donors (Lipinski definition) is 3. The van der Waals surface area contributed by atoms with Crippen LogP contribution in [0.2, 0.25) is 0 Å². The zero-order valence-electron chi connectivity index (χ0n) is 12.2. The number of nitrogens with one attached hydrogen (secondary N) is 2. The second kappa shape index (κ2) is 5.31. The summed E-state index contributed by atoms with van der Waals surface area (Å²) in [6, 6.07) is 8.42. The molecule has 0 aliphatic rings. The number of benzene rings is 1. The van der Waals surface area contributed by atoms with Crippen molar-refractivity contribution in [1.29, 1.82) is 0 Å². The molecule has 0 aliphatic carbocycles. The highest BCUT2D eigenvalue weighted by Crippen LogP contribution is 2.31. The fourth-order valence-electron chi connectivity index (χ4n) is 2.39. The Labute approximate surface area is 127 Å². The summed E-state index contributed by atoms with van der Waals surface area (Å²) in [6.07, 6.45) is 0. The predicted molar refractivity (Wildman–Crippen MR) is 89.2 cm³/mol. The Morgan fingerprint density at radius 1 is 1.00 bits per heavy atom. The van der Waals surface area contributed by atoms with Gasteiger partial charge in [0.25, 0.3) is 0 Å². The van der Waals surface area contributed by atoms with E-state index in [0.717, 1.165) is 21.7 Å². The first-order valence-corrected chi connectivity index (χ1v) is 7.47. The number of hydrogen-bond acceptors (Lipinski definition) is 6. The number of anilines is 3. The first kappa shape index (κ1) is 13.8. The van der Waals surface area contributed by atoms with Gasteiger partial charge < -0.3 is 5.32 Å². The maximum atomic E-state index is 5.46. The SMILES string of the molecule is Cc1cc(C)cc(Nc2nc(NN)nc3sc(C)cc23)c1. The standard InChI is InChI=1S/C15H17N5S/c1-8-4-9(2)6-11(5-8)17-13-12-7-10(3)21-14(12)19-15(18-13)20-16/h4-7H,16H2,1-3H3,(H2,17,18,19,20). The second-order valence-corrected chi connectivity index (χ2v) is 6.35. The van der Waals surface area contributed by atoms with E-state index in [1.165, 1.54) is 16.0 Å². The van der Waals surface area contributed by atoms with E-state index in [0.29, 0.717) is 5.95 Å². The van der Waals surface area contributed by atoms with Crippen molar-refractivity contribution in [3.8, 4) is 0 Å². The molecule has 21 heavy (non-hydrogen) atoms. The van der Waals surface area contributed by atoms with Gasteiger partial charge in [0.15, 0.2) is 0 Å². The molecular weight excluding hydrogens is 282 g/mol. The molecule has 0 saturated heterocycles. The molecule has 4 N–H and O–H groups in total. The molecule has 6 heteroatoms. The van der Waals surface area contributed by atoms with Gasteiger partial charge in [0.1, 0.15) is 10.6 Å². The molecule has 0 fully saturated rings. The third-order valence-corrected chi connectivity index (χ3v) is 4.07. The van der Waals surface area contributed by atoms with Crippen LogP contribution < -0.4 is 16.6 Å². The van der Waals surface area contributed by atoms with Crippen LogP contribution in [0.5, 0.6) is 0 Å². The number of aryl methyl sites for hydroxylation is 3. The molecule has 5 nitrogen and oxygen atoms in total. The van der Waals surface area contributed by atoms with Crippen molar-refractivity contribution in [3.05, 3.63) is 40.3 Å². The Bertz CT molecular complexity index is 789. The lowest BCUT2D eigenvalue weighted by Gasteiger charge is -2.10. The van der Waals surface area contributed by atoms with Crippen molar-refractivity contribution < 1.29 is 0 Å². The van der Waals surface area contributed by atoms with E-state index >= 15 is 0 Å². The molecule has 0 amide bonds. The number of hydrazine groups is 1. The van der Waals surface area contributed by atoms with Gasteiger partial charge in [0, 0.05) is 10.6 Å². The van der Waals surface area contributed by atoms with Gasteiger partial charge in [-0.2, -0.15) is 4.98 Å². The molecule has 2 aromatic heterocycles. The minimum Gasteiger partial charge on any atom is -0.340 e. The fraction of sp³-hybridized carbons (Fsp3) is 0.200. The molecule has 0 bridgehead atoms. The van der Waals surface area contributed by atoms with E-state index in [4.69, 9.17) is 5.84 Å². The zero-order valence-corrected chi connectivity index (χ0v) is 13.0. The molecule has 3 rings (SSSR count). The minimum atomic E-state index is 0.413. The van der Waals surface area contributed by atoms with Crippen LogP contribution in [0.1, 0.15) is 16.0 Å². The highest BCUT2D eigenvalue weighted by Gasteiger charge is 2.10. The van der Waals surface area contributed by atoms with Gasteiger partial charge in [0.05, 0.1) is 5.39 Å². The van der Waals surface area contributed by atoms with Crippen molar-refractivity contribution in [2.75, 3.05) is 10.7 Å². The monoisotopic (exact) mass is 299 g/mol. The summed E-state index contributed by atoms with van der Waals surface area (Å²) in [4.78, 5) is 10.9. The van der Waals surface area contributed by atoms with E-state index in [1.807, 2.05) is 0 Å². The van der Waals surface area contributed by atoms with Crippen LogP contribution in [0.15, 0.2) is 24.3 Å². The summed E-state index contributed by atoms with van der Waals surface area (Å²) in [5.74, 6) is 6.64. The molecule has 0 unspecified atom stereocenters.